The molecule has 0 saturated carbocycles. The van der Waals surface area contributed by atoms with E-state index in [1.165, 1.54) is 0 Å². The maximum Gasteiger partial charge on any atom is 0.203 e. The van der Waals surface area contributed by atoms with Crippen LogP contribution in [0.5, 0.6) is 17.2 Å². The molecule has 4 heteroatoms. The molecule has 0 heterocycles. The molecule has 0 bridgehead atoms. The third-order valence-corrected chi connectivity index (χ3v) is 3.31. The Hall–Kier alpha value is -1.71. The molecule has 0 aromatic heterocycles. The first kappa shape index (κ1) is 15.3. The molecule has 0 aliphatic rings. The second-order valence-corrected chi connectivity index (χ2v) is 4.29. The van der Waals surface area contributed by atoms with Crippen molar-refractivity contribution in [3.63, 3.8) is 0 Å². The molecule has 0 aliphatic carbocycles. The summed E-state index contributed by atoms with van der Waals surface area (Å²) in [5, 5.41) is 0. The SMILES string of the molecule is CCC(CC)C(=O)c1cc(OC)c(OC)c(OC)c1. The molecule has 0 unspecified atom stereocenters. The van der Waals surface area contributed by atoms with E-state index in [2.05, 4.69) is 0 Å². The van der Waals surface area contributed by atoms with E-state index in [4.69, 9.17) is 14.2 Å². The molecule has 1 aromatic rings. The Kier molecular flexibility index (Phi) is 5.67. The molecule has 1 rings (SSSR count). The summed E-state index contributed by atoms with van der Waals surface area (Å²) in [5.41, 5.74) is 0.600. The highest BCUT2D eigenvalue weighted by molar-refractivity contribution is 5.99. The number of hydrogen-bond donors (Lipinski definition) is 0. The predicted molar refractivity (Wildman–Crippen MR) is 74.5 cm³/mol. The van der Waals surface area contributed by atoms with E-state index in [1.807, 2.05) is 13.8 Å². The lowest BCUT2D eigenvalue weighted by Crippen LogP contribution is -2.13. The highest BCUT2D eigenvalue weighted by Gasteiger charge is 2.21. The lowest BCUT2D eigenvalue weighted by Gasteiger charge is -2.16. The van der Waals surface area contributed by atoms with Crippen LogP contribution in [0.25, 0.3) is 0 Å². The first-order valence-electron chi connectivity index (χ1n) is 6.47. The van der Waals surface area contributed by atoms with Crippen molar-refractivity contribution in [2.24, 2.45) is 5.92 Å². The molecular weight excluding hydrogens is 244 g/mol. The Morgan fingerprint density at radius 1 is 1.00 bits per heavy atom. The lowest BCUT2D eigenvalue weighted by molar-refractivity contribution is 0.0912. The van der Waals surface area contributed by atoms with E-state index in [1.54, 1.807) is 33.5 Å². The van der Waals surface area contributed by atoms with Crippen molar-refractivity contribution >= 4 is 5.78 Å². The number of rotatable bonds is 7. The van der Waals surface area contributed by atoms with E-state index >= 15 is 0 Å². The van der Waals surface area contributed by atoms with Gasteiger partial charge in [0.25, 0.3) is 0 Å². The molecule has 19 heavy (non-hydrogen) atoms. The van der Waals surface area contributed by atoms with E-state index in [-0.39, 0.29) is 11.7 Å². The zero-order valence-electron chi connectivity index (χ0n) is 12.3. The van der Waals surface area contributed by atoms with Gasteiger partial charge in [-0.05, 0) is 25.0 Å². The lowest BCUT2D eigenvalue weighted by atomic mass is 9.92. The van der Waals surface area contributed by atoms with Gasteiger partial charge in [-0.2, -0.15) is 0 Å². The first-order valence-corrected chi connectivity index (χ1v) is 6.47. The van der Waals surface area contributed by atoms with Crippen molar-refractivity contribution in [3.8, 4) is 17.2 Å². The topological polar surface area (TPSA) is 44.8 Å². The molecule has 0 N–H and O–H groups in total. The monoisotopic (exact) mass is 266 g/mol. The highest BCUT2D eigenvalue weighted by atomic mass is 16.5. The third kappa shape index (κ3) is 3.19. The fraction of sp³-hybridized carbons (Fsp3) is 0.533. The van der Waals surface area contributed by atoms with Gasteiger partial charge in [0.15, 0.2) is 17.3 Å². The minimum atomic E-state index is 0.0304. The third-order valence-electron chi connectivity index (χ3n) is 3.31. The summed E-state index contributed by atoms with van der Waals surface area (Å²) in [6.45, 7) is 4.04. The number of carbonyl (C=O) groups excluding carboxylic acids is 1. The average Bonchev–Trinajstić information content (AvgIpc) is 2.46. The normalized spacial score (nSPS) is 10.4. The van der Waals surface area contributed by atoms with E-state index in [0.717, 1.165) is 12.8 Å². The summed E-state index contributed by atoms with van der Waals surface area (Å²) in [4.78, 5) is 12.4. The molecule has 0 saturated heterocycles. The van der Waals surface area contributed by atoms with Gasteiger partial charge in [-0.1, -0.05) is 13.8 Å². The summed E-state index contributed by atoms with van der Waals surface area (Å²) in [5.74, 6) is 1.67. The van der Waals surface area contributed by atoms with Gasteiger partial charge in [0.2, 0.25) is 5.75 Å². The van der Waals surface area contributed by atoms with Gasteiger partial charge in [-0.25, -0.2) is 0 Å². The summed E-state index contributed by atoms with van der Waals surface area (Å²) in [6, 6.07) is 3.42. The number of ether oxygens (including phenoxy) is 3. The first-order chi connectivity index (χ1) is 9.12. The minimum Gasteiger partial charge on any atom is -0.493 e. The fourth-order valence-corrected chi connectivity index (χ4v) is 2.12. The van der Waals surface area contributed by atoms with Crippen LogP contribution >= 0.6 is 0 Å². The molecule has 0 amide bonds. The Labute approximate surface area is 114 Å². The van der Waals surface area contributed by atoms with Crippen LogP contribution in [0.3, 0.4) is 0 Å². The van der Waals surface area contributed by atoms with Gasteiger partial charge in [0.05, 0.1) is 21.3 Å². The van der Waals surface area contributed by atoms with Gasteiger partial charge in [-0.15, -0.1) is 0 Å². The maximum atomic E-state index is 12.4. The van der Waals surface area contributed by atoms with Crippen LogP contribution in [0.1, 0.15) is 37.0 Å². The van der Waals surface area contributed by atoms with Crippen LogP contribution in [-0.4, -0.2) is 27.1 Å². The summed E-state index contributed by atoms with van der Waals surface area (Å²) >= 11 is 0. The second-order valence-electron chi connectivity index (χ2n) is 4.29. The molecule has 106 valence electrons. The zero-order valence-corrected chi connectivity index (χ0v) is 12.3. The van der Waals surface area contributed by atoms with Crippen molar-refractivity contribution in [3.05, 3.63) is 17.7 Å². The minimum absolute atomic E-state index is 0.0304. The van der Waals surface area contributed by atoms with Crippen LogP contribution < -0.4 is 14.2 Å². The summed E-state index contributed by atoms with van der Waals surface area (Å²) in [6.07, 6.45) is 1.65. The maximum absolute atomic E-state index is 12.4. The van der Waals surface area contributed by atoms with E-state index in [0.29, 0.717) is 22.8 Å². The van der Waals surface area contributed by atoms with Crippen LogP contribution in [-0.2, 0) is 0 Å². The van der Waals surface area contributed by atoms with Gasteiger partial charge in [-0.3, -0.25) is 4.79 Å². The molecule has 0 atom stereocenters. The predicted octanol–water partition coefficient (Wildman–Crippen LogP) is 3.33. The number of carbonyl (C=O) groups is 1. The van der Waals surface area contributed by atoms with Gasteiger partial charge < -0.3 is 14.2 Å². The number of ketones is 1. The molecule has 0 fully saturated rings. The number of benzene rings is 1. The average molecular weight is 266 g/mol. The molecule has 1 aromatic carbocycles. The van der Waals surface area contributed by atoms with Crippen molar-refractivity contribution in [2.45, 2.75) is 26.7 Å². The molecular formula is C15H22O4. The quantitative estimate of drug-likeness (QED) is 0.710. The number of hydrogen-bond acceptors (Lipinski definition) is 4. The van der Waals surface area contributed by atoms with Crippen LogP contribution in [0.15, 0.2) is 12.1 Å². The molecule has 0 radical (unpaired) electrons. The van der Waals surface area contributed by atoms with Crippen LogP contribution in [0.4, 0.5) is 0 Å². The largest absolute Gasteiger partial charge is 0.493 e. The van der Waals surface area contributed by atoms with Gasteiger partial charge >= 0.3 is 0 Å². The second kappa shape index (κ2) is 7.02. The summed E-state index contributed by atoms with van der Waals surface area (Å²) in [7, 11) is 4.63. The standard InChI is InChI=1S/C15H22O4/c1-6-10(7-2)14(16)11-8-12(17-3)15(19-5)13(9-11)18-4/h8-10H,6-7H2,1-5H3. The highest BCUT2D eigenvalue weighted by Crippen LogP contribution is 2.38. The van der Waals surface area contributed by atoms with Crippen molar-refractivity contribution in [1.82, 2.24) is 0 Å². The Balaban J connectivity index is 3.26. The van der Waals surface area contributed by atoms with E-state index in [9.17, 15) is 4.79 Å². The van der Waals surface area contributed by atoms with E-state index < -0.39 is 0 Å². The number of Topliss-reactive ketones (excluding diaryl/α,β-unsaturated/α-hetero) is 1. The van der Waals surface area contributed by atoms with Crippen LogP contribution in [0, 0.1) is 5.92 Å². The van der Waals surface area contributed by atoms with Gasteiger partial charge in [0, 0.05) is 11.5 Å². The van der Waals surface area contributed by atoms with Crippen molar-refractivity contribution < 1.29 is 19.0 Å². The zero-order chi connectivity index (χ0) is 14.4. The molecule has 0 spiro atoms. The summed E-state index contributed by atoms with van der Waals surface area (Å²) < 4.78 is 15.8. The Morgan fingerprint density at radius 2 is 1.47 bits per heavy atom. The van der Waals surface area contributed by atoms with Crippen LogP contribution in [0.2, 0.25) is 0 Å². The molecule has 0 aliphatic heterocycles. The Morgan fingerprint density at radius 3 is 1.79 bits per heavy atom. The Bertz CT molecular complexity index is 411. The molecule has 4 nitrogen and oxygen atoms in total. The van der Waals surface area contributed by atoms with Crippen molar-refractivity contribution in [1.29, 1.82) is 0 Å². The smallest absolute Gasteiger partial charge is 0.203 e. The van der Waals surface area contributed by atoms with Crippen molar-refractivity contribution in [2.75, 3.05) is 21.3 Å². The number of methoxy groups -OCH3 is 3. The fourth-order valence-electron chi connectivity index (χ4n) is 2.12. The van der Waals surface area contributed by atoms with Gasteiger partial charge in [0.1, 0.15) is 0 Å².